The van der Waals surface area contributed by atoms with E-state index in [0.29, 0.717) is 25.2 Å². The fraction of sp³-hybridized carbons (Fsp3) is 0.350. The minimum Gasteiger partial charge on any atom is -0.493 e. The molecule has 7 heteroatoms. The van der Waals surface area contributed by atoms with Gasteiger partial charge in [-0.3, -0.25) is 10.1 Å². The highest BCUT2D eigenvalue weighted by atomic mass is 16.7. The van der Waals surface area contributed by atoms with Gasteiger partial charge in [0.1, 0.15) is 25.8 Å². The number of rotatable bonds is 7. The summed E-state index contributed by atoms with van der Waals surface area (Å²) in [7, 11) is 0. The van der Waals surface area contributed by atoms with E-state index in [9.17, 15) is 10.1 Å². The molecule has 0 unspecified atom stereocenters. The van der Waals surface area contributed by atoms with Crippen molar-refractivity contribution in [2.45, 2.75) is 18.4 Å². The number of ether oxygens (including phenoxy) is 3. The van der Waals surface area contributed by atoms with E-state index in [4.69, 9.17) is 19.5 Å². The Balaban J connectivity index is 1.97. The van der Waals surface area contributed by atoms with Gasteiger partial charge in [0, 0.05) is 16.9 Å². The average Bonchev–Trinajstić information content (AvgIpc) is 2.70. The first-order valence-electron chi connectivity index (χ1n) is 8.67. The van der Waals surface area contributed by atoms with E-state index in [2.05, 4.69) is 6.07 Å². The molecule has 140 valence electrons. The zero-order valence-corrected chi connectivity index (χ0v) is 14.8. The van der Waals surface area contributed by atoms with E-state index in [1.165, 1.54) is 6.08 Å². The van der Waals surface area contributed by atoms with Crippen LogP contribution < -0.4 is 4.74 Å². The summed E-state index contributed by atoms with van der Waals surface area (Å²) in [6, 6.07) is 13.7. The zero-order valence-electron chi connectivity index (χ0n) is 14.8. The highest BCUT2D eigenvalue weighted by Gasteiger charge is 2.43. The minimum absolute atomic E-state index is 0.0420. The van der Waals surface area contributed by atoms with Crippen LogP contribution in [0, 0.1) is 21.4 Å². The lowest BCUT2D eigenvalue weighted by atomic mass is 9.97. The van der Waals surface area contributed by atoms with Crippen LogP contribution in [0.4, 0.5) is 0 Å². The predicted molar refractivity (Wildman–Crippen MR) is 99.8 cm³/mol. The molecule has 27 heavy (non-hydrogen) atoms. The number of benzene rings is 2. The largest absolute Gasteiger partial charge is 0.493 e. The van der Waals surface area contributed by atoms with Crippen LogP contribution in [-0.2, 0) is 9.47 Å². The maximum atomic E-state index is 11.6. The third-order valence-electron chi connectivity index (χ3n) is 4.42. The second kappa shape index (κ2) is 8.62. The molecule has 0 amide bonds. The Labute approximate surface area is 156 Å². The molecular formula is C20H20N2O5. The van der Waals surface area contributed by atoms with Gasteiger partial charge in [0.05, 0.1) is 12.7 Å². The second-order valence-corrected chi connectivity index (χ2v) is 6.32. The lowest BCUT2D eigenvalue weighted by molar-refractivity contribution is -0.572. The lowest BCUT2D eigenvalue weighted by Gasteiger charge is -2.26. The molecule has 1 aliphatic heterocycles. The van der Waals surface area contributed by atoms with Crippen LogP contribution in [0.15, 0.2) is 42.5 Å². The molecule has 0 spiro atoms. The molecule has 0 bridgehead atoms. The van der Waals surface area contributed by atoms with Crippen LogP contribution in [0.3, 0.4) is 0 Å². The van der Waals surface area contributed by atoms with Gasteiger partial charge in [-0.15, -0.1) is 0 Å². The molecule has 2 aromatic carbocycles. The van der Waals surface area contributed by atoms with E-state index in [1.54, 1.807) is 6.08 Å². The zero-order chi connectivity index (χ0) is 19.1. The second-order valence-electron chi connectivity index (χ2n) is 6.32. The number of unbranched alkanes of at least 4 members (excludes halogenated alkanes) is 1. The monoisotopic (exact) mass is 368 g/mol. The van der Waals surface area contributed by atoms with Gasteiger partial charge in [0.25, 0.3) is 5.54 Å². The number of nitriles is 1. The van der Waals surface area contributed by atoms with Gasteiger partial charge in [0.15, 0.2) is 0 Å². The number of nitrogens with zero attached hydrogens (tertiary/aromatic N) is 2. The van der Waals surface area contributed by atoms with Gasteiger partial charge in [-0.1, -0.05) is 30.3 Å². The molecule has 0 radical (unpaired) electrons. The molecular weight excluding hydrogens is 348 g/mol. The Morgan fingerprint density at radius 2 is 2.04 bits per heavy atom. The Morgan fingerprint density at radius 3 is 2.78 bits per heavy atom. The van der Waals surface area contributed by atoms with E-state index in [-0.39, 0.29) is 24.9 Å². The number of hydrogen-bond acceptors (Lipinski definition) is 6. The molecule has 0 aromatic heterocycles. The van der Waals surface area contributed by atoms with Gasteiger partial charge in [-0.05, 0) is 35.4 Å². The van der Waals surface area contributed by atoms with E-state index in [1.807, 2.05) is 36.4 Å². The Kier molecular flexibility index (Phi) is 6.01. The fourth-order valence-electron chi connectivity index (χ4n) is 2.95. The molecule has 3 rings (SSSR count). The van der Waals surface area contributed by atoms with E-state index in [0.717, 1.165) is 16.3 Å². The van der Waals surface area contributed by atoms with Crippen molar-refractivity contribution in [1.82, 2.24) is 0 Å². The van der Waals surface area contributed by atoms with Crippen molar-refractivity contribution in [3.8, 4) is 11.8 Å². The first kappa shape index (κ1) is 18.8. The molecule has 1 saturated heterocycles. The van der Waals surface area contributed by atoms with Crippen molar-refractivity contribution in [2.24, 2.45) is 0 Å². The Hall–Kier alpha value is -2.95. The maximum Gasteiger partial charge on any atom is 0.286 e. The summed E-state index contributed by atoms with van der Waals surface area (Å²) in [5.41, 5.74) is -0.662. The highest BCUT2D eigenvalue weighted by molar-refractivity contribution is 5.93. The van der Waals surface area contributed by atoms with Crippen molar-refractivity contribution in [1.29, 1.82) is 5.26 Å². The van der Waals surface area contributed by atoms with Crippen molar-refractivity contribution < 1.29 is 19.1 Å². The van der Waals surface area contributed by atoms with Crippen molar-refractivity contribution in [3.63, 3.8) is 0 Å². The molecule has 0 N–H and O–H groups in total. The summed E-state index contributed by atoms with van der Waals surface area (Å²) in [6.45, 7) is 0.379. The molecule has 7 nitrogen and oxygen atoms in total. The van der Waals surface area contributed by atoms with E-state index >= 15 is 0 Å². The summed E-state index contributed by atoms with van der Waals surface area (Å²) >= 11 is 0. The first-order valence-corrected chi connectivity index (χ1v) is 8.67. The van der Waals surface area contributed by atoms with Crippen molar-refractivity contribution in [3.05, 3.63) is 58.2 Å². The smallest absolute Gasteiger partial charge is 0.286 e. The van der Waals surface area contributed by atoms with Gasteiger partial charge < -0.3 is 14.2 Å². The minimum atomic E-state index is -1.42. The maximum absolute atomic E-state index is 11.6. The average molecular weight is 368 g/mol. The summed E-state index contributed by atoms with van der Waals surface area (Å²) < 4.78 is 16.2. The predicted octanol–water partition coefficient (Wildman–Crippen LogP) is 3.56. The number of nitro groups is 1. The summed E-state index contributed by atoms with van der Waals surface area (Å²) in [5, 5.41) is 22.2. The molecule has 2 aromatic rings. The van der Waals surface area contributed by atoms with Gasteiger partial charge in [-0.25, -0.2) is 0 Å². The summed E-state index contributed by atoms with van der Waals surface area (Å²) in [6.07, 6.45) is 4.27. The third-order valence-corrected chi connectivity index (χ3v) is 4.42. The fourth-order valence-corrected chi connectivity index (χ4v) is 2.95. The van der Waals surface area contributed by atoms with Crippen LogP contribution in [-0.4, -0.2) is 37.1 Å². The quantitative estimate of drug-likeness (QED) is 0.421. The summed E-state index contributed by atoms with van der Waals surface area (Å²) in [4.78, 5) is 11.2. The van der Waals surface area contributed by atoms with Gasteiger partial charge in [-0.2, -0.15) is 5.26 Å². The van der Waals surface area contributed by atoms with Crippen LogP contribution in [0.5, 0.6) is 5.75 Å². The molecule has 1 fully saturated rings. The number of fused-ring (bicyclic) bond motifs is 1. The summed E-state index contributed by atoms with van der Waals surface area (Å²) in [5.74, 6) is 0.624. The molecule has 0 saturated carbocycles. The molecule has 1 heterocycles. The standard InChI is InChI=1S/C20H20N2O5/c21-11-3-4-12-27-19-8-7-16-5-1-2-6-17(16)18(19)9-10-20(22(23)24)13-25-15-26-14-20/h1-2,5-10H,3-4,12-15H2/b10-9+. The Bertz CT molecular complexity index is 882. The van der Waals surface area contributed by atoms with Gasteiger partial charge >= 0.3 is 0 Å². The van der Waals surface area contributed by atoms with Crippen molar-refractivity contribution in [2.75, 3.05) is 26.6 Å². The van der Waals surface area contributed by atoms with E-state index < -0.39 is 5.54 Å². The highest BCUT2D eigenvalue weighted by Crippen LogP contribution is 2.31. The van der Waals surface area contributed by atoms with Gasteiger partial charge in [0.2, 0.25) is 0 Å². The molecule has 0 aliphatic carbocycles. The van der Waals surface area contributed by atoms with Crippen LogP contribution in [0.2, 0.25) is 0 Å². The normalized spacial score (nSPS) is 16.3. The number of hydrogen-bond donors (Lipinski definition) is 0. The molecule has 1 aliphatic rings. The molecule has 0 atom stereocenters. The van der Waals surface area contributed by atoms with Crippen LogP contribution in [0.25, 0.3) is 16.8 Å². The van der Waals surface area contributed by atoms with Crippen LogP contribution >= 0.6 is 0 Å². The van der Waals surface area contributed by atoms with Crippen LogP contribution in [0.1, 0.15) is 18.4 Å². The third kappa shape index (κ3) is 4.25. The first-order chi connectivity index (χ1) is 13.2. The lowest BCUT2D eigenvalue weighted by Crippen LogP contribution is -2.49. The Morgan fingerprint density at radius 1 is 1.26 bits per heavy atom. The SMILES string of the molecule is N#CCCCOc1ccc2ccccc2c1/C=C/C1([N+](=O)[O-])COCOC1. The topological polar surface area (TPSA) is 94.6 Å². The van der Waals surface area contributed by atoms with Crippen molar-refractivity contribution >= 4 is 16.8 Å².